The van der Waals surface area contributed by atoms with Crippen LogP contribution in [0.1, 0.15) is 6.92 Å². The van der Waals surface area contributed by atoms with E-state index in [1.54, 1.807) is 7.11 Å². The molecular weight excluding hydrogens is 306 g/mol. The van der Waals surface area contributed by atoms with Crippen LogP contribution < -0.4 is 9.64 Å². The topological polar surface area (TPSA) is 45.2 Å². The van der Waals surface area contributed by atoms with Gasteiger partial charge < -0.3 is 19.3 Å². The van der Waals surface area contributed by atoms with Crippen molar-refractivity contribution in [1.29, 1.82) is 0 Å². The highest BCUT2D eigenvalue weighted by Gasteiger charge is 2.25. The Kier molecular flexibility index (Phi) is 5.58. The van der Waals surface area contributed by atoms with Crippen molar-refractivity contribution in [3.8, 4) is 5.75 Å². The van der Waals surface area contributed by atoms with E-state index >= 15 is 0 Å². The molecule has 1 aromatic rings. The lowest BCUT2D eigenvalue weighted by atomic mass is 10.2. The molecule has 1 amide bonds. The van der Waals surface area contributed by atoms with Crippen molar-refractivity contribution >= 4 is 11.6 Å². The van der Waals surface area contributed by atoms with Crippen molar-refractivity contribution in [2.75, 3.05) is 64.4 Å². The molecule has 0 N–H and O–H groups in total. The first-order valence-corrected chi connectivity index (χ1v) is 8.66. The maximum Gasteiger partial charge on any atom is 0.236 e. The smallest absolute Gasteiger partial charge is 0.236 e. The first-order chi connectivity index (χ1) is 11.7. The summed E-state index contributed by atoms with van der Waals surface area (Å²) in [5.41, 5.74) is 1.19. The van der Waals surface area contributed by atoms with Gasteiger partial charge in [0.15, 0.2) is 0 Å². The number of carbonyl (C=O) groups is 1. The predicted molar refractivity (Wildman–Crippen MR) is 93.6 cm³/mol. The van der Waals surface area contributed by atoms with Gasteiger partial charge in [0.25, 0.3) is 0 Å². The van der Waals surface area contributed by atoms with Crippen molar-refractivity contribution in [2.45, 2.75) is 13.0 Å². The molecule has 0 radical (unpaired) electrons. The third-order valence-corrected chi connectivity index (χ3v) is 4.75. The van der Waals surface area contributed by atoms with Gasteiger partial charge in [-0.15, -0.1) is 0 Å². The van der Waals surface area contributed by atoms with Gasteiger partial charge in [0, 0.05) is 45.0 Å². The predicted octanol–water partition coefficient (Wildman–Crippen LogP) is 1.06. The molecule has 1 atom stereocenters. The van der Waals surface area contributed by atoms with Gasteiger partial charge in [0.1, 0.15) is 5.75 Å². The number of rotatable bonds is 4. The summed E-state index contributed by atoms with van der Waals surface area (Å²) in [5, 5.41) is 0. The molecular formula is C18H27N3O3. The normalized spacial score (nSPS) is 22.5. The molecule has 6 heteroatoms. The van der Waals surface area contributed by atoms with E-state index in [2.05, 4.69) is 28.9 Å². The van der Waals surface area contributed by atoms with Crippen LogP contribution in [0, 0.1) is 0 Å². The molecule has 24 heavy (non-hydrogen) atoms. The highest BCUT2D eigenvalue weighted by atomic mass is 16.5. The molecule has 6 nitrogen and oxygen atoms in total. The van der Waals surface area contributed by atoms with Gasteiger partial charge in [-0.25, -0.2) is 0 Å². The number of anilines is 1. The Labute approximate surface area is 143 Å². The van der Waals surface area contributed by atoms with Crippen molar-refractivity contribution in [3.05, 3.63) is 24.3 Å². The fourth-order valence-electron chi connectivity index (χ4n) is 3.33. The fourth-order valence-corrected chi connectivity index (χ4v) is 3.33. The minimum Gasteiger partial charge on any atom is -0.497 e. The first-order valence-electron chi connectivity index (χ1n) is 8.66. The summed E-state index contributed by atoms with van der Waals surface area (Å²) in [6, 6.07) is 8.11. The van der Waals surface area contributed by atoms with E-state index in [0.29, 0.717) is 6.54 Å². The molecule has 0 spiro atoms. The van der Waals surface area contributed by atoms with Crippen LogP contribution in [0.4, 0.5) is 5.69 Å². The van der Waals surface area contributed by atoms with Crippen molar-refractivity contribution in [2.24, 2.45) is 0 Å². The molecule has 3 rings (SSSR count). The summed E-state index contributed by atoms with van der Waals surface area (Å²) in [5.74, 6) is 1.10. The number of methoxy groups -OCH3 is 1. The summed E-state index contributed by atoms with van der Waals surface area (Å²) in [4.78, 5) is 19.0. The molecule has 0 saturated carbocycles. The van der Waals surface area contributed by atoms with E-state index in [4.69, 9.17) is 9.47 Å². The standard InChI is InChI=1S/C18H27N3O3/c1-15-13-19(11-12-24-15)14-18(22)21-9-7-20(8-10-21)16-3-5-17(23-2)6-4-16/h3-6,15H,7-14H2,1-2H3. The van der Waals surface area contributed by atoms with Gasteiger partial charge in [-0.05, 0) is 31.2 Å². The summed E-state index contributed by atoms with van der Waals surface area (Å²) in [7, 11) is 1.68. The summed E-state index contributed by atoms with van der Waals surface area (Å²) in [6.07, 6.45) is 0.221. The van der Waals surface area contributed by atoms with Crippen LogP contribution >= 0.6 is 0 Å². The van der Waals surface area contributed by atoms with Crippen LogP contribution in [0.2, 0.25) is 0 Å². The Morgan fingerprint density at radius 2 is 1.88 bits per heavy atom. The van der Waals surface area contributed by atoms with Crippen molar-refractivity contribution in [1.82, 2.24) is 9.80 Å². The van der Waals surface area contributed by atoms with E-state index in [9.17, 15) is 4.79 Å². The number of amides is 1. The third kappa shape index (κ3) is 4.19. The molecule has 0 bridgehead atoms. The number of piperazine rings is 1. The molecule has 2 saturated heterocycles. The number of carbonyl (C=O) groups excluding carboxylic acids is 1. The average molecular weight is 333 g/mol. The third-order valence-electron chi connectivity index (χ3n) is 4.75. The van der Waals surface area contributed by atoms with Gasteiger partial charge >= 0.3 is 0 Å². The second-order valence-corrected chi connectivity index (χ2v) is 6.48. The van der Waals surface area contributed by atoms with Crippen LogP contribution in [-0.2, 0) is 9.53 Å². The van der Waals surface area contributed by atoms with Crippen LogP contribution in [0.3, 0.4) is 0 Å². The van der Waals surface area contributed by atoms with E-state index in [1.165, 1.54) is 5.69 Å². The molecule has 2 aliphatic rings. The Morgan fingerprint density at radius 3 is 2.50 bits per heavy atom. The number of hydrogen-bond acceptors (Lipinski definition) is 5. The summed E-state index contributed by atoms with van der Waals surface area (Å²) in [6.45, 7) is 8.30. The van der Waals surface area contributed by atoms with E-state index in [1.807, 2.05) is 17.0 Å². The van der Waals surface area contributed by atoms with Gasteiger partial charge in [-0.3, -0.25) is 9.69 Å². The molecule has 0 aromatic heterocycles. The Morgan fingerprint density at radius 1 is 1.17 bits per heavy atom. The zero-order valence-electron chi connectivity index (χ0n) is 14.6. The van der Waals surface area contributed by atoms with Crippen LogP contribution in [0.5, 0.6) is 5.75 Å². The largest absolute Gasteiger partial charge is 0.497 e. The van der Waals surface area contributed by atoms with Gasteiger partial charge in [0.2, 0.25) is 5.91 Å². The van der Waals surface area contributed by atoms with Crippen molar-refractivity contribution in [3.63, 3.8) is 0 Å². The SMILES string of the molecule is COc1ccc(N2CCN(C(=O)CN3CCOC(C)C3)CC2)cc1. The van der Waals surface area contributed by atoms with Crippen LogP contribution in [0.15, 0.2) is 24.3 Å². The van der Waals surface area contributed by atoms with E-state index in [-0.39, 0.29) is 12.0 Å². The maximum atomic E-state index is 12.5. The maximum absolute atomic E-state index is 12.5. The minimum absolute atomic E-state index is 0.221. The lowest BCUT2D eigenvalue weighted by Gasteiger charge is -2.38. The number of hydrogen-bond donors (Lipinski definition) is 0. The molecule has 1 aromatic carbocycles. The van der Waals surface area contributed by atoms with Crippen LogP contribution in [-0.4, -0.2) is 81.3 Å². The first kappa shape index (κ1) is 17.0. The molecule has 1 unspecified atom stereocenters. The quantitative estimate of drug-likeness (QED) is 0.825. The molecule has 2 heterocycles. The number of nitrogens with zero attached hydrogens (tertiary/aromatic N) is 3. The molecule has 2 fully saturated rings. The van der Waals surface area contributed by atoms with Gasteiger partial charge in [-0.2, -0.15) is 0 Å². The highest BCUT2D eigenvalue weighted by molar-refractivity contribution is 5.78. The van der Waals surface area contributed by atoms with Crippen LogP contribution in [0.25, 0.3) is 0 Å². The second kappa shape index (κ2) is 7.85. The summed E-state index contributed by atoms with van der Waals surface area (Å²) >= 11 is 0. The lowest BCUT2D eigenvalue weighted by Crippen LogP contribution is -2.53. The monoisotopic (exact) mass is 333 g/mol. The summed E-state index contributed by atoms with van der Waals surface area (Å²) < 4.78 is 10.7. The van der Waals surface area contributed by atoms with Gasteiger partial charge in [-0.1, -0.05) is 0 Å². The van der Waals surface area contributed by atoms with Gasteiger partial charge in [0.05, 0.1) is 26.4 Å². The Balaban J connectivity index is 1.48. The zero-order chi connectivity index (χ0) is 16.9. The number of morpholine rings is 1. The average Bonchev–Trinajstić information content (AvgIpc) is 2.62. The van der Waals surface area contributed by atoms with E-state index in [0.717, 1.165) is 51.6 Å². The lowest BCUT2D eigenvalue weighted by molar-refractivity contribution is -0.134. The number of ether oxygens (including phenoxy) is 2. The number of benzene rings is 1. The minimum atomic E-state index is 0.221. The van der Waals surface area contributed by atoms with Crippen molar-refractivity contribution < 1.29 is 14.3 Å². The highest BCUT2D eigenvalue weighted by Crippen LogP contribution is 2.20. The Hall–Kier alpha value is -1.79. The second-order valence-electron chi connectivity index (χ2n) is 6.48. The Bertz CT molecular complexity index is 541. The van der Waals surface area contributed by atoms with E-state index < -0.39 is 0 Å². The zero-order valence-corrected chi connectivity index (χ0v) is 14.6. The molecule has 0 aliphatic carbocycles. The molecule has 2 aliphatic heterocycles. The molecule has 132 valence electrons. The fraction of sp³-hybridized carbons (Fsp3) is 0.611.